The number of nitro groups is 1. The molecular formula is C23H27N3O6. The molecule has 0 bridgehead atoms. The number of likely N-dealkylation sites (tertiary alicyclic amines) is 1. The Morgan fingerprint density at radius 3 is 2.38 bits per heavy atom. The van der Waals surface area contributed by atoms with E-state index in [4.69, 9.17) is 14.2 Å². The molecule has 2 heterocycles. The fourth-order valence-corrected chi connectivity index (χ4v) is 4.63. The Bertz CT molecular complexity index is 1000. The normalized spacial score (nSPS) is 21.1. The Hall–Kier alpha value is -3.33. The van der Waals surface area contributed by atoms with Crippen molar-refractivity contribution in [1.29, 1.82) is 0 Å². The van der Waals surface area contributed by atoms with Gasteiger partial charge in [0.2, 0.25) is 12.7 Å². The van der Waals surface area contributed by atoms with Crippen molar-refractivity contribution in [2.45, 2.75) is 26.3 Å². The van der Waals surface area contributed by atoms with E-state index in [9.17, 15) is 14.9 Å². The second-order valence-electron chi connectivity index (χ2n) is 8.54. The van der Waals surface area contributed by atoms with Crippen LogP contribution in [0.25, 0.3) is 0 Å². The molecule has 0 unspecified atom stereocenters. The van der Waals surface area contributed by atoms with Crippen LogP contribution in [-0.2, 0) is 4.79 Å². The van der Waals surface area contributed by atoms with Crippen LogP contribution in [0.3, 0.4) is 0 Å². The van der Waals surface area contributed by atoms with Gasteiger partial charge >= 0.3 is 0 Å². The maximum Gasteiger partial charge on any atom is 0.278 e. The lowest BCUT2D eigenvalue weighted by atomic mass is 9.89. The SMILES string of the molecule is COc1ccc(NC(=O)[C@H](c2cc3c(cc2[N+](=O)[O-])OCO3)N2C[C@H](C)C[C@H](C)C2)cc1. The number of carbonyl (C=O) groups is 1. The van der Waals surface area contributed by atoms with Crippen LogP contribution in [0, 0.1) is 22.0 Å². The van der Waals surface area contributed by atoms with E-state index in [1.807, 2.05) is 4.90 Å². The Balaban J connectivity index is 1.74. The largest absolute Gasteiger partial charge is 0.497 e. The molecule has 0 aromatic heterocycles. The topological polar surface area (TPSA) is 103 Å². The van der Waals surface area contributed by atoms with Gasteiger partial charge in [0.05, 0.1) is 23.7 Å². The fourth-order valence-electron chi connectivity index (χ4n) is 4.63. The molecule has 32 heavy (non-hydrogen) atoms. The first-order chi connectivity index (χ1) is 15.4. The summed E-state index contributed by atoms with van der Waals surface area (Å²) in [4.78, 5) is 27.1. The number of amides is 1. The first-order valence-electron chi connectivity index (χ1n) is 10.6. The lowest BCUT2D eigenvalue weighted by molar-refractivity contribution is -0.386. The average Bonchev–Trinajstić information content (AvgIpc) is 3.20. The van der Waals surface area contributed by atoms with Gasteiger partial charge in [-0.25, -0.2) is 0 Å². The number of rotatable bonds is 6. The molecule has 2 aromatic rings. The van der Waals surface area contributed by atoms with E-state index in [1.165, 1.54) is 6.07 Å². The van der Waals surface area contributed by atoms with Crippen molar-refractivity contribution in [3.05, 3.63) is 52.1 Å². The minimum absolute atomic E-state index is 0.00354. The lowest BCUT2D eigenvalue weighted by Gasteiger charge is -2.39. The number of carbonyl (C=O) groups excluding carboxylic acids is 1. The van der Waals surface area contributed by atoms with Crippen molar-refractivity contribution >= 4 is 17.3 Å². The Labute approximate surface area is 186 Å². The van der Waals surface area contributed by atoms with Gasteiger partial charge in [-0.1, -0.05) is 13.8 Å². The molecule has 1 fully saturated rings. The number of fused-ring (bicyclic) bond motifs is 1. The first kappa shape index (κ1) is 21.9. The van der Waals surface area contributed by atoms with Crippen LogP contribution in [0.4, 0.5) is 11.4 Å². The summed E-state index contributed by atoms with van der Waals surface area (Å²) in [5, 5.41) is 14.9. The van der Waals surface area contributed by atoms with E-state index < -0.39 is 11.0 Å². The van der Waals surface area contributed by atoms with E-state index in [0.717, 1.165) is 6.42 Å². The maximum atomic E-state index is 13.6. The number of nitro benzene ring substituents is 1. The zero-order valence-electron chi connectivity index (χ0n) is 18.4. The summed E-state index contributed by atoms with van der Waals surface area (Å²) >= 11 is 0. The zero-order valence-corrected chi connectivity index (χ0v) is 18.4. The number of piperidine rings is 1. The number of benzene rings is 2. The summed E-state index contributed by atoms with van der Waals surface area (Å²) in [5.41, 5.74) is 0.726. The number of ether oxygens (including phenoxy) is 3. The summed E-state index contributed by atoms with van der Waals surface area (Å²) in [5.74, 6) is 1.79. The van der Waals surface area contributed by atoms with Crippen molar-refractivity contribution in [3.8, 4) is 17.2 Å². The predicted octanol–water partition coefficient (Wildman–Crippen LogP) is 3.99. The third kappa shape index (κ3) is 4.47. The van der Waals surface area contributed by atoms with Crippen LogP contribution in [0.15, 0.2) is 36.4 Å². The van der Waals surface area contributed by atoms with Crippen LogP contribution >= 0.6 is 0 Å². The fraction of sp³-hybridized carbons (Fsp3) is 0.435. The first-order valence-corrected chi connectivity index (χ1v) is 10.6. The van der Waals surface area contributed by atoms with Crippen LogP contribution in [0.1, 0.15) is 31.9 Å². The molecule has 9 heteroatoms. The van der Waals surface area contributed by atoms with Gasteiger partial charge in [0.1, 0.15) is 11.8 Å². The standard InChI is InChI=1S/C23H27N3O6/c1-14-8-15(2)12-25(11-14)22(23(27)24-16-4-6-17(30-3)7-5-16)18-9-20-21(32-13-31-20)10-19(18)26(28)29/h4-7,9-10,14-15,22H,8,11-13H2,1-3H3,(H,24,27)/t14-,15+,22-/m0/s1. The maximum absolute atomic E-state index is 13.6. The number of hydrogen-bond acceptors (Lipinski definition) is 7. The second-order valence-corrected chi connectivity index (χ2v) is 8.54. The van der Waals surface area contributed by atoms with Crippen molar-refractivity contribution in [3.63, 3.8) is 0 Å². The molecule has 1 N–H and O–H groups in total. The molecule has 170 valence electrons. The molecule has 1 amide bonds. The highest BCUT2D eigenvalue weighted by Crippen LogP contribution is 2.43. The summed E-state index contributed by atoms with van der Waals surface area (Å²) in [6.45, 7) is 5.59. The molecule has 2 aromatic carbocycles. The highest BCUT2D eigenvalue weighted by atomic mass is 16.7. The molecule has 4 rings (SSSR count). The Kier molecular flexibility index (Phi) is 6.18. The molecule has 0 spiro atoms. The third-order valence-electron chi connectivity index (χ3n) is 5.88. The molecule has 2 aliphatic heterocycles. The molecule has 2 aliphatic rings. The van der Waals surface area contributed by atoms with Gasteiger partial charge in [0.15, 0.2) is 11.5 Å². The quantitative estimate of drug-likeness (QED) is 0.534. The summed E-state index contributed by atoms with van der Waals surface area (Å²) in [6, 6.07) is 9.05. The van der Waals surface area contributed by atoms with E-state index in [2.05, 4.69) is 19.2 Å². The van der Waals surface area contributed by atoms with Gasteiger partial charge in [-0.05, 0) is 48.6 Å². The highest BCUT2D eigenvalue weighted by Gasteiger charge is 2.38. The van der Waals surface area contributed by atoms with Crippen molar-refractivity contribution in [2.75, 3.05) is 32.3 Å². The van der Waals surface area contributed by atoms with E-state index in [1.54, 1.807) is 37.4 Å². The van der Waals surface area contributed by atoms with Crippen LogP contribution in [0.5, 0.6) is 17.2 Å². The van der Waals surface area contributed by atoms with Gasteiger partial charge in [0.25, 0.3) is 5.69 Å². The highest BCUT2D eigenvalue weighted by molar-refractivity contribution is 5.96. The van der Waals surface area contributed by atoms with Gasteiger partial charge in [-0.15, -0.1) is 0 Å². The molecule has 1 saturated heterocycles. The molecule has 0 saturated carbocycles. The number of nitrogens with zero attached hydrogens (tertiary/aromatic N) is 2. The summed E-state index contributed by atoms with van der Waals surface area (Å²) in [6.07, 6.45) is 1.05. The zero-order chi connectivity index (χ0) is 22.8. The van der Waals surface area contributed by atoms with Crippen LogP contribution in [0.2, 0.25) is 0 Å². The van der Waals surface area contributed by atoms with Gasteiger partial charge < -0.3 is 19.5 Å². The molecular weight excluding hydrogens is 414 g/mol. The van der Waals surface area contributed by atoms with Gasteiger partial charge in [0, 0.05) is 18.8 Å². The van der Waals surface area contributed by atoms with Gasteiger partial charge in [-0.2, -0.15) is 0 Å². The van der Waals surface area contributed by atoms with E-state index >= 15 is 0 Å². The lowest BCUT2D eigenvalue weighted by Crippen LogP contribution is -2.45. The number of nitrogens with one attached hydrogen (secondary N) is 1. The monoisotopic (exact) mass is 441 g/mol. The number of methoxy groups -OCH3 is 1. The molecule has 0 radical (unpaired) electrons. The minimum atomic E-state index is -0.850. The smallest absolute Gasteiger partial charge is 0.278 e. The second kappa shape index (κ2) is 9.04. The summed E-state index contributed by atoms with van der Waals surface area (Å²) < 4.78 is 16.0. The van der Waals surface area contributed by atoms with Gasteiger partial charge in [-0.3, -0.25) is 19.8 Å². The van der Waals surface area contributed by atoms with Crippen LogP contribution < -0.4 is 19.5 Å². The van der Waals surface area contributed by atoms with E-state index in [0.29, 0.717) is 53.4 Å². The minimum Gasteiger partial charge on any atom is -0.497 e. The Morgan fingerprint density at radius 1 is 1.16 bits per heavy atom. The van der Waals surface area contributed by atoms with Crippen molar-refractivity contribution in [2.24, 2.45) is 11.8 Å². The average molecular weight is 441 g/mol. The third-order valence-corrected chi connectivity index (χ3v) is 5.88. The molecule has 0 aliphatic carbocycles. The van der Waals surface area contributed by atoms with Crippen molar-refractivity contribution < 1.29 is 23.9 Å². The van der Waals surface area contributed by atoms with Crippen LogP contribution in [-0.4, -0.2) is 42.7 Å². The predicted molar refractivity (Wildman–Crippen MR) is 118 cm³/mol. The van der Waals surface area contributed by atoms with Crippen molar-refractivity contribution in [1.82, 2.24) is 4.90 Å². The molecule has 3 atom stereocenters. The molecule has 9 nitrogen and oxygen atoms in total. The summed E-state index contributed by atoms with van der Waals surface area (Å²) in [7, 11) is 1.57. The number of anilines is 1. The number of hydrogen-bond donors (Lipinski definition) is 1. The Morgan fingerprint density at radius 2 is 1.78 bits per heavy atom. The van der Waals surface area contributed by atoms with E-state index in [-0.39, 0.29) is 18.4 Å².